The molecule has 0 aliphatic heterocycles. The fourth-order valence-electron chi connectivity index (χ4n) is 2.69. The lowest BCUT2D eigenvalue weighted by Gasteiger charge is -2.10. The SMILES string of the molecule is COc1ccc(C(=O)c2c(C)ccc3nc(S(C)(=O)=O)ccc23)cc1. The van der Waals surface area contributed by atoms with E-state index in [1.807, 2.05) is 6.92 Å². The largest absolute Gasteiger partial charge is 0.497 e. The van der Waals surface area contributed by atoms with E-state index in [9.17, 15) is 13.2 Å². The molecule has 0 radical (unpaired) electrons. The second-order valence-electron chi connectivity index (χ2n) is 5.80. The summed E-state index contributed by atoms with van der Waals surface area (Å²) in [7, 11) is -1.84. The van der Waals surface area contributed by atoms with Gasteiger partial charge >= 0.3 is 0 Å². The molecule has 0 bridgehead atoms. The Morgan fingerprint density at radius 2 is 1.68 bits per heavy atom. The first-order chi connectivity index (χ1) is 11.8. The van der Waals surface area contributed by atoms with Crippen molar-refractivity contribution >= 4 is 26.5 Å². The number of methoxy groups -OCH3 is 1. The predicted octanol–water partition coefficient (Wildman–Crippen LogP) is 3.19. The zero-order chi connectivity index (χ0) is 18.2. The van der Waals surface area contributed by atoms with Crippen molar-refractivity contribution in [1.29, 1.82) is 0 Å². The highest BCUT2D eigenvalue weighted by atomic mass is 32.2. The molecule has 0 aliphatic carbocycles. The van der Waals surface area contributed by atoms with Gasteiger partial charge in [-0.1, -0.05) is 6.07 Å². The van der Waals surface area contributed by atoms with Gasteiger partial charge in [0.05, 0.1) is 12.6 Å². The van der Waals surface area contributed by atoms with Crippen LogP contribution >= 0.6 is 0 Å². The number of carbonyl (C=O) groups is 1. The predicted molar refractivity (Wildman–Crippen MR) is 96.0 cm³/mol. The molecule has 6 heteroatoms. The van der Waals surface area contributed by atoms with Gasteiger partial charge in [-0.3, -0.25) is 4.79 Å². The monoisotopic (exact) mass is 355 g/mol. The molecule has 25 heavy (non-hydrogen) atoms. The van der Waals surface area contributed by atoms with Gasteiger partial charge in [0, 0.05) is 22.8 Å². The molecule has 0 atom stereocenters. The summed E-state index contributed by atoms with van der Waals surface area (Å²) in [4.78, 5) is 17.2. The van der Waals surface area contributed by atoms with E-state index in [-0.39, 0.29) is 10.8 Å². The van der Waals surface area contributed by atoms with E-state index in [1.54, 1.807) is 49.6 Å². The number of sulfone groups is 1. The number of ether oxygens (including phenoxy) is 1. The normalized spacial score (nSPS) is 11.5. The summed E-state index contributed by atoms with van der Waals surface area (Å²) in [5.41, 5.74) is 2.34. The third-order valence-electron chi connectivity index (χ3n) is 4.01. The minimum atomic E-state index is -3.41. The van der Waals surface area contributed by atoms with Crippen molar-refractivity contribution in [2.45, 2.75) is 11.9 Å². The highest BCUT2D eigenvalue weighted by Crippen LogP contribution is 2.26. The van der Waals surface area contributed by atoms with Gasteiger partial charge in [-0.15, -0.1) is 0 Å². The molecule has 0 unspecified atom stereocenters. The smallest absolute Gasteiger partial charge is 0.193 e. The van der Waals surface area contributed by atoms with E-state index < -0.39 is 9.84 Å². The number of aryl methyl sites for hydroxylation is 1. The standard InChI is InChI=1S/C19H17NO4S/c1-12-4-10-16-15(9-11-17(20-16)25(3,22)23)18(12)19(21)13-5-7-14(24-2)8-6-13/h4-11H,1-3H3. The molecule has 128 valence electrons. The van der Waals surface area contributed by atoms with Crippen LogP contribution in [0.15, 0.2) is 53.6 Å². The third kappa shape index (κ3) is 3.25. The van der Waals surface area contributed by atoms with Crippen LogP contribution in [-0.4, -0.2) is 32.6 Å². The summed E-state index contributed by atoms with van der Waals surface area (Å²) in [5, 5.41) is 0.625. The second-order valence-corrected chi connectivity index (χ2v) is 7.77. The van der Waals surface area contributed by atoms with Crippen molar-refractivity contribution in [1.82, 2.24) is 4.98 Å². The van der Waals surface area contributed by atoms with Gasteiger partial charge in [-0.05, 0) is 55.0 Å². The van der Waals surface area contributed by atoms with E-state index in [4.69, 9.17) is 4.74 Å². The molecule has 5 nitrogen and oxygen atoms in total. The maximum absolute atomic E-state index is 13.0. The van der Waals surface area contributed by atoms with Crippen molar-refractivity contribution in [3.05, 3.63) is 65.2 Å². The average molecular weight is 355 g/mol. The van der Waals surface area contributed by atoms with E-state index in [1.165, 1.54) is 6.07 Å². The first-order valence-corrected chi connectivity index (χ1v) is 9.49. The fourth-order valence-corrected chi connectivity index (χ4v) is 3.27. The lowest BCUT2D eigenvalue weighted by molar-refractivity contribution is 0.103. The molecule has 3 rings (SSSR count). The van der Waals surface area contributed by atoms with Gasteiger partial charge in [-0.2, -0.15) is 0 Å². The van der Waals surface area contributed by atoms with Crippen molar-refractivity contribution in [3.63, 3.8) is 0 Å². The highest BCUT2D eigenvalue weighted by molar-refractivity contribution is 7.90. The van der Waals surface area contributed by atoms with Gasteiger partial charge in [-0.25, -0.2) is 13.4 Å². The topological polar surface area (TPSA) is 73.3 Å². The Balaban J connectivity index is 2.17. The molecule has 0 spiro atoms. The number of aromatic nitrogens is 1. The van der Waals surface area contributed by atoms with Crippen molar-refractivity contribution < 1.29 is 17.9 Å². The van der Waals surface area contributed by atoms with Crippen LogP contribution in [0.1, 0.15) is 21.5 Å². The van der Waals surface area contributed by atoms with Crippen molar-refractivity contribution in [2.24, 2.45) is 0 Å². The number of nitrogens with zero attached hydrogens (tertiary/aromatic N) is 1. The molecular weight excluding hydrogens is 338 g/mol. The van der Waals surface area contributed by atoms with E-state index in [2.05, 4.69) is 4.98 Å². The number of fused-ring (bicyclic) bond motifs is 1. The van der Waals surface area contributed by atoms with Crippen molar-refractivity contribution in [2.75, 3.05) is 13.4 Å². The van der Waals surface area contributed by atoms with Crippen LogP contribution in [0.25, 0.3) is 10.9 Å². The molecule has 1 heterocycles. The Morgan fingerprint density at radius 1 is 1.00 bits per heavy atom. The Bertz CT molecular complexity index is 1070. The van der Waals surface area contributed by atoms with Crippen LogP contribution in [-0.2, 0) is 9.84 Å². The second kappa shape index (κ2) is 6.29. The molecule has 1 aromatic heterocycles. The summed E-state index contributed by atoms with van der Waals surface area (Å²) < 4.78 is 28.5. The zero-order valence-electron chi connectivity index (χ0n) is 14.1. The fraction of sp³-hybridized carbons (Fsp3) is 0.158. The van der Waals surface area contributed by atoms with E-state index in [0.29, 0.717) is 27.8 Å². The summed E-state index contributed by atoms with van der Waals surface area (Å²) in [6, 6.07) is 13.4. The molecule has 0 fully saturated rings. The maximum atomic E-state index is 13.0. The van der Waals surface area contributed by atoms with Gasteiger partial charge < -0.3 is 4.74 Å². The summed E-state index contributed by atoms with van der Waals surface area (Å²) in [5.74, 6) is 0.533. The Labute approximate surface area is 146 Å². The minimum Gasteiger partial charge on any atom is -0.497 e. The number of carbonyl (C=O) groups excluding carboxylic acids is 1. The van der Waals surface area contributed by atoms with Crippen LogP contribution in [0.5, 0.6) is 5.75 Å². The number of hydrogen-bond donors (Lipinski definition) is 0. The van der Waals surface area contributed by atoms with E-state index in [0.717, 1.165) is 11.8 Å². The summed E-state index contributed by atoms with van der Waals surface area (Å²) >= 11 is 0. The van der Waals surface area contributed by atoms with E-state index >= 15 is 0 Å². The molecule has 0 saturated heterocycles. The van der Waals surface area contributed by atoms with Crippen LogP contribution < -0.4 is 4.74 Å². The molecular formula is C19H17NO4S. The summed E-state index contributed by atoms with van der Waals surface area (Å²) in [6.45, 7) is 1.85. The number of pyridine rings is 1. The molecule has 3 aromatic rings. The number of ketones is 1. The Kier molecular flexibility index (Phi) is 4.30. The van der Waals surface area contributed by atoms with Gasteiger partial charge in [0.15, 0.2) is 20.6 Å². The summed E-state index contributed by atoms with van der Waals surface area (Å²) in [6.07, 6.45) is 1.11. The molecule has 0 amide bonds. The zero-order valence-corrected chi connectivity index (χ0v) is 14.9. The molecule has 0 N–H and O–H groups in total. The molecule has 0 saturated carbocycles. The Hall–Kier alpha value is -2.73. The maximum Gasteiger partial charge on any atom is 0.193 e. The average Bonchev–Trinajstić information content (AvgIpc) is 2.60. The third-order valence-corrected chi connectivity index (χ3v) is 5.00. The van der Waals surface area contributed by atoms with Crippen LogP contribution in [0, 0.1) is 6.92 Å². The number of rotatable bonds is 4. The number of hydrogen-bond acceptors (Lipinski definition) is 5. The van der Waals surface area contributed by atoms with Crippen LogP contribution in [0.3, 0.4) is 0 Å². The van der Waals surface area contributed by atoms with Gasteiger partial charge in [0.1, 0.15) is 5.75 Å². The van der Waals surface area contributed by atoms with Crippen molar-refractivity contribution in [3.8, 4) is 5.75 Å². The molecule has 2 aromatic carbocycles. The van der Waals surface area contributed by atoms with Gasteiger partial charge in [0.25, 0.3) is 0 Å². The number of benzene rings is 2. The lowest BCUT2D eigenvalue weighted by Crippen LogP contribution is -2.06. The highest BCUT2D eigenvalue weighted by Gasteiger charge is 2.18. The quantitative estimate of drug-likeness (QED) is 0.672. The lowest BCUT2D eigenvalue weighted by atomic mass is 9.95. The van der Waals surface area contributed by atoms with Gasteiger partial charge in [0.2, 0.25) is 0 Å². The molecule has 0 aliphatic rings. The Morgan fingerprint density at radius 3 is 2.28 bits per heavy atom. The first-order valence-electron chi connectivity index (χ1n) is 7.60. The first kappa shape index (κ1) is 17.1. The minimum absolute atomic E-state index is 0.00769. The van der Waals surface area contributed by atoms with Crippen LogP contribution in [0.2, 0.25) is 0 Å². The van der Waals surface area contributed by atoms with Crippen LogP contribution in [0.4, 0.5) is 0 Å².